The second-order valence-corrected chi connectivity index (χ2v) is 6.57. The number of nitrogens with two attached hydrogens (primary N) is 1. The summed E-state index contributed by atoms with van der Waals surface area (Å²) in [6.45, 7) is 4.42. The van der Waals surface area contributed by atoms with Gasteiger partial charge in [-0.2, -0.15) is 0 Å². The molecule has 1 aromatic rings. The number of hydrogen-bond donors (Lipinski definition) is 1. The van der Waals surface area contributed by atoms with Crippen LogP contribution < -0.4 is 5.73 Å². The molecule has 1 rings (SSSR count). The van der Waals surface area contributed by atoms with Crippen molar-refractivity contribution in [1.29, 1.82) is 0 Å². The van der Waals surface area contributed by atoms with E-state index in [4.69, 9.17) is 5.73 Å². The van der Waals surface area contributed by atoms with Crippen LogP contribution in [0.3, 0.4) is 0 Å². The van der Waals surface area contributed by atoms with Gasteiger partial charge in [-0.1, -0.05) is 25.8 Å². The molecule has 0 unspecified atom stereocenters. The molecule has 0 saturated carbocycles. The van der Waals surface area contributed by atoms with Gasteiger partial charge in [0.15, 0.2) is 0 Å². The van der Waals surface area contributed by atoms with E-state index in [9.17, 15) is 8.42 Å². The molecule has 0 aromatic heterocycles. The maximum absolute atomic E-state index is 12.4. The molecule has 2 N–H and O–H groups in total. The smallest absolute Gasteiger partial charge is 0.243 e. The first-order valence-corrected chi connectivity index (χ1v) is 7.66. The topological polar surface area (TPSA) is 63.4 Å². The summed E-state index contributed by atoms with van der Waals surface area (Å²) in [5, 5.41) is 0. The second-order valence-electron chi connectivity index (χ2n) is 4.56. The number of rotatable bonds is 6. The molecule has 0 aliphatic rings. The number of anilines is 1. The number of sulfonamides is 1. The Morgan fingerprint density at radius 1 is 1.28 bits per heavy atom. The first kappa shape index (κ1) is 15.0. The van der Waals surface area contributed by atoms with Gasteiger partial charge in [0.05, 0.1) is 4.90 Å². The van der Waals surface area contributed by atoms with E-state index in [-0.39, 0.29) is 0 Å². The lowest BCUT2D eigenvalue weighted by atomic mass is 10.2. The van der Waals surface area contributed by atoms with Crippen LogP contribution in [0.25, 0.3) is 0 Å². The van der Waals surface area contributed by atoms with Crippen molar-refractivity contribution in [2.24, 2.45) is 0 Å². The summed E-state index contributed by atoms with van der Waals surface area (Å²) < 4.78 is 26.1. The van der Waals surface area contributed by atoms with Crippen LogP contribution in [0.5, 0.6) is 0 Å². The summed E-state index contributed by atoms with van der Waals surface area (Å²) in [4.78, 5) is 0.307. The van der Waals surface area contributed by atoms with Gasteiger partial charge < -0.3 is 5.73 Å². The Balaban J connectivity index is 2.95. The molecule has 18 heavy (non-hydrogen) atoms. The van der Waals surface area contributed by atoms with E-state index in [1.807, 2.05) is 0 Å². The molecule has 0 aliphatic carbocycles. The van der Waals surface area contributed by atoms with Crippen LogP contribution in [-0.4, -0.2) is 26.3 Å². The van der Waals surface area contributed by atoms with Crippen molar-refractivity contribution in [2.75, 3.05) is 19.3 Å². The molecule has 5 heteroatoms. The van der Waals surface area contributed by atoms with Gasteiger partial charge in [0.2, 0.25) is 10.0 Å². The van der Waals surface area contributed by atoms with Crippen LogP contribution in [-0.2, 0) is 10.0 Å². The van der Waals surface area contributed by atoms with Crippen molar-refractivity contribution in [2.45, 2.75) is 38.0 Å². The molecule has 0 radical (unpaired) electrons. The Labute approximate surface area is 110 Å². The first-order chi connectivity index (χ1) is 8.39. The normalized spacial score (nSPS) is 12.0. The molecular formula is C13H22N2O2S. The molecule has 0 amide bonds. The average Bonchev–Trinajstić information content (AvgIpc) is 2.32. The zero-order valence-electron chi connectivity index (χ0n) is 11.3. The highest BCUT2D eigenvalue weighted by Gasteiger charge is 2.22. The standard InChI is InChI=1S/C13H22N2O2S/c1-4-5-6-9-15(3)18(16,17)13-10-12(14)8-7-11(13)2/h7-8,10H,4-6,9,14H2,1-3H3. The van der Waals surface area contributed by atoms with E-state index in [1.54, 1.807) is 26.1 Å². The van der Waals surface area contributed by atoms with E-state index in [2.05, 4.69) is 6.92 Å². The third kappa shape index (κ3) is 3.46. The maximum atomic E-state index is 12.4. The van der Waals surface area contributed by atoms with E-state index < -0.39 is 10.0 Å². The summed E-state index contributed by atoms with van der Waals surface area (Å²) >= 11 is 0. The predicted octanol–water partition coefficient (Wildman–Crippen LogP) is 2.39. The van der Waals surface area contributed by atoms with E-state index in [0.29, 0.717) is 17.1 Å². The fourth-order valence-electron chi connectivity index (χ4n) is 1.77. The molecule has 0 spiro atoms. The fraction of sp³-hybridized carbons (Fsp3) is 0.538. The Morgan fingerprint density at radius 3 is 2.56 bits per heavy atom. The van der Waals surface area contributed by atoms with Gasteiger partial charge in [-0.25, -0.2) is 12.7 Å². The third-order valence-corrected chi connectivity index (χ3v) is 4.98. The molecule has 0 saturated heterocycles. The first-order valence-electron chi connectivity index (χ1n) is 6.22. The molecule has 102 valence electrons. The summed E-state index contributed by atoms with van der Waals surface area (Å²) in [5.41, 5.74) is 6.86. The molecule has 1 aromatic carbocycles. The number of unbranched alkanes of at least 4 members (excludes halogenated alkanes) is 2. The van der Waals surface area contributed by atoms with Crippen molar-refractivity contribution < 1.29 is 8.42 Å². The Hall–Kier alpha value is -1.07. The van der Waals surface area contributed by atoms with Gasteiger partial charge in [0.25, 0.3) is 0 Å². The van der Waals surface area contributed by atoms with Crippen molar-refractivity contribution in [1.82, 2.24) is 4.31 Å². The molecule has 0 aliphatic heterocycles. The average molecular weight is 270 g/mol. The molecule has 4 nitrogen and oxygen atoms in total. The zero-order chi connectivity index (χ0) is 13.8. The Bertz CT molecular complexity index is 498. The lowest BCUT2D eigenvalue weighted by Crippen LogP contribution is -2.28. The van der Waals surface area contributed by atoms with E-state index >= 15 is 0 Å². The second kappa shape index (κ2) is 6.20. The van der Waals surface area contributed by atoms with Gasteiger partial charge in [-0.3, -0.25) is 0 Å². The predicted molar refractivity (Wildman–Crippen MR) is 74.9 cm³/mol. The van der Waals surface area contributed by atoms with Gasteiger partial charge in [0, 0.05) is 19.3 Å². The van der Waals surface area contributed by atoms with Crippen LogP contribution in [0.1, 0.15) is 31.7 Å². The third-order valence-electron chi connectivity index (χ3n) is 2.98. The quantitative estimate of drug-likeness (QED) is 0.637. The van der Waals surface area contributed by atoms with Gasteiger partial charge in [-0.15, -0.1) is 0 Å². The SMILES string of the molecule is CCCCCN(C)S(=O)(=O)c1cc(N)ccc1C. The summed E-state index contributed by atoms with van der Waals surface area (Å²) in [6, 6.07) is 4.98. The molecule has 0 fully saturated rings. The van der Waals surface area contributed by atoms with E-state index in [0.717, 1.165) is 24.8 Å². The Kier molecular flexibility index (Phi) is 5.16. The van der Waals surface area contributed by atoms with Crippen LogP contribution in [0.2, 0.25) is 0 Å². The van der Waals surface area contributed by atoms with Crippen molar-refractivity contribution in [3.8, 4) is 0 Å². The van der Waals surface area contributed by atoms with Gasteiger partial charge >= 0.3 is 0 Å². The highest BCUT2D eigenvalue weighted by molar-refractivity contribution is 7.89. The lowest BCUT2D eigenvalue weighted by Gasteiger charge is -2.18. The molecule has 0 bridgehead atoms. The number of aryl methyl sites for hydroxylation is 1. The number of nitrogen functional groups attached to an aromatic ring is 1. The van der Waals surface area contributed by atoms with Crippen molar-refractivity contribution >= 4 is 15.7 Å². The van der Waals surface area contributed by atoms with Crippen LogP contribution in [0, 0.1) is 6.92 Å². The number of benzene rings is 1. The lowest BCUT2D eigenvalue weighted by molar-refractivity contribution is 0.454. The van der Waals surface area contributed by atoms with Crippen molar-refractivity contribution in [3.05, 3.63) is 23.8 Å². The van der Waals surface area contributed by atoms with Crippen LogP contribution in [0.4, 0.5) is 5.69 Å². The number of nitrogens with zero attached hydrogens (tertiary/aromatic N) is 1. The fourth-order valence-corrected chi connectivity index (χ4v) is 3.23. The van der Waals surface area contributed by atoms with Gasteiger partial charge in [0.1, 0.15) is 0 Å². The highest BCUT2D eigenvalue weighted by Crippen LogP contribution is 2.21. The zero-order valence-corrected chi connectivity index (χ0v) is 12.1. The molecule has 0 atom stereocenters. The van der Waals surface area contributed by atoms with Crippen LogP contribution >= 0.6 is 0 Å². The van der Waals surface area contributed by atoms with Gasteiger partial charge in [-0.05, 0) is 31.0 Å². The number of hydrogen-bond acceptors (Lipinski definition) is 3. The molecular weight excluding hydrogens is 248 g/mol. The van der Waals surface area contributed by atoms with Crippen LogP contribution in [0.15, 0.2) is 23.1 Å². The highest BCUT2D eigenvalue weighted by atomic mass is 32.2. The minimum absolute atomic E-state index is 0.307. The minimum atomic E-state index is -3.42. The molecule has 0 heterocycles. The summed E-state index contributed by atoms with van der Waals surface area (Å²) in [6.07, 6.45) is 2.99. The minimum Gasteiger partial charge on any atom is -0.399 e. The monoisotopic (exact) mass is 270 g/mol. The Morgan fingerprint density at radius 2 is 1.94 bits per heavy atom. The summed E-state index contributed by atoms with van der Waals surface area (Å²) in [5.74, 6) is 0. The van der Waals surface area contributed by atoms with Crippen molar-refractivity contribution in [3.63, 3.8) is 0 Å². The maximum Gasteiger partial charge on any atom is 0.243 e. The largest absolute Gasteiger partial charge is 0.399 e. The van der Waals surface area contributed by atoms with E-state index in [1.165, 1.54) is 10.4 Å². The summed E-state index contributed by atoms with van der Waals surface area (Å²) in [7, 11) is -1.80.